The van der Waals surface area contributed by atoms with Gasteiger partial charge in [0.1, 0.15) is 18.4 Å². The van der Waals surface area contributed by atoms with Crippen LogP contribution in [0.15, 0.2) is 30.3 Å². The molecule has 0 radical (unpaired) electrons. The van der Waals surface area contributed by atoms with Gasteiger partial charge in [0.2, 0.25) is 17.7 Å². The second kappa shape index (κ2) is 15.6. The zero-order valence-corrected chi connectivity index (χ0v) is 23.1. The van der Waals surface area contributed by atoms with Gasteiger partial charge in [-0.2, -0.15) is 0 Å². The fraction of sp³-hybridized carbons (Fsp3) is 0.667. The predicted molar refractivity (Wildman–Crippen MR) is 148 cm³/mol. The molecule has 8 nitrogen and oxygen atoms in total. The lowest BCUT2D eigenvalue weighted by molar-refractivity contribution is -0.142. The summed E-state index contributed by atoms with van der Waals surface area (Å²) in [6.07, 6.45) is 11.3. The molecule has 2 fully saturated rings. The Morgan fingerprint density at radius 1 is 1.00 bits per heavy atom. The van der Waals surface area contributed by atoms with Crippen LogP contribution in [0.4, 0.5) is 0 Å². The van der Waals surface area contributed by atoms with Gasteiger partial charge >= 0.3 is 0 Å². The second-order valence-corrected chi connectivity index (χ2v) is 10.9. The number of carbonyl (C=O) groups excluding carboxylic acids is 4. The van der Waals surface area contributed by atoms with Crippen molar-refractivity contribution in [1.82, 2.24) is 20.9 Å². The number of likely N-dealkylation sites (N-methyl/N-ethyl adjacent to an activating group) is 1. The molecule has 4 atom stereocenters. The first-order chi connectivity index (χ1) is 18.5. The molecule has 3 rings (SSSR count). The number of unbranched alkanes of at least 4 members (excludes halogenated alkanes) is 1. The standard InChI is InChI=1S/C30H46N4O4/c1-3-4-16-25(33-28(36)26(31-2)20-23-14-9-6-10-15-23)30(38)34-18-11-17-27(34)29(37)32-24(21-35)19-22-12-7-5-8-13-22/h6,9-10,14-15,21-22,24-27,31H,3-5,7-8,11-13,16-20H2,1-2H3,(H,32,37)(H,33,36)/t24-,25+,26+,27+/m1/s1. The molecule has 1 heterocycles. The summed E-state index contributed by atoms with van der Waals surface area (Å²) in [7, 11) is 1.74. The summed E-state index contributed by atoms with van der Waals surface area (Å²) in [6, 6.07) is 7.49. The first-order valence-electron chi connectivity index (χ1n) is 14.5. The lowest BCUT2D eigenvalue weighted by Crippen LogP contribution is -2.56. The van der Waals surface area contributed by atoms with Crippen molar-refractivity contribution in [2.75, 3.05) is 13.6 Å². The molecule has 1 saturated heterocycles. The maximum Gasteiger partial charge on any atom is 0.245 e. The van der Waals surface area contributed by atoms with E-state index in [9.17, 15) is 19.2 Å². The van der Waals surface area contributed by atoms with Gasteiger partial charge < -0.3 is 25.6 Å². The summed E-state index contributed by atoms with van der Waals surface area (Å²) in [6.45, 7) is 2.52. The third kappa shape index (κ3) is 8.65. The number of amides is 3. The first-order valence-corrected chi connectivity index (χ1v) is 14.5. The monoisotopic (exact) mass is 526 g/mol. The van der Waals surface area contributed by atoms with Crippen LogP contribution in [0.1, 0.15) is 83.1 Å². The van der Waals surface area contributed by atoms with Crippen molar-refractivity contribution in [2.24, 2.45) is 5.92 Å². The van der Waals surface area contributed by atoms with Crippen LogP contribution in [0.2, 0.25) is 0 Å². The smallest absolute Gasteiger partial charge is 0.245 e. The van der Waals surface area contributed by atoms with Crippen molar-refractivity contribution in [3.63, 3.8) is 0 Å². The van der Waals surface area contributed by atoms with Crippen molar-refractivity contribution < 1.29 is 19.2 Å². The van der Waals surface area contributed by atoms with Crippen LogP contribution in [0.3, 0.4) is 0 Å². The van der Waals surface area contributed by atoms with E-state index in [0.717, 1.165) is 44.0 Å². The molecule has 1 aromatic rings. The van der Waals surface area contributed by atoms with E-state index in [1.54, 1.807) is 11.9 Å². The molecule has 0 aromatic heterocycles. The molecule has 3 N–H and O–H groups in total. The van der Waals surface area contributed by atoms with Gasteiger partial charge in [-0.05, 0) is 50.6 Å². The Morgan fingerprint density at radius 2 is 1.74 bits per heavy atom. The lowest BCUT2D eigenvalue weighted by Gasteiger charge is -2.31. The molecule has 1 aliphatic heterocycles. The van der Waals surface area contributed by atoms with Crippen LogP contribution in [0.5, 0.6) is 0 Å². The summed E-state index contributed by atoms with van der Waals surface area (Å²) >= 11 is 0. The third-order valence-electron chi connectivity index (χ3n) is 8.05. The molecule has 1 aromatic carbocycles. The molecule has 3 amide bonds. The highest BCUT2D eigenvalue weighted by molar-refractivity contribution is 5.94. The SMILES string of the molecule is CCCC[C@H](NC(=O)[C@H](Cc1ccccc1)NC)C(=O)N1CCC[C@H]1C(=O)N[C@@H](C=O)CC1CCCCC1. The van der Waals surface area contributed by atoms with E-state index in [1.165, 1.54) is 19.3 Å². The molecule has 0 spiro atoms. The van der Waals surface area contributed by atoms with E-state index in [-0.39, 0.29) is 17.7 Å². The summed E-state index contributed by atoms with van der Waals surface area (Å²) in [4.78, 5) is 53.5. The summed E-state index contributed by atoms with van der Waals surface area (Å²) in [5.74, 6) is -0.236. The van der Waals surface area contributed by atoms with Crippen molar-refractivity contribution in [1.29, 1.82) is 0 Å². The zero-order valence-electron chi connectivity index (χ0n) is 23.1. The lowest BCUT2D eigenvalue weighted by atomic mass is 9.85. The Hall–Kier alpha value is -2.74. The highest BCUT2D eigenvalue weighted by atomic mass is 16.2. The largest absolute Gasteiger partial charge is 0.345 e. The van der Waals surface area contributed by atoms with E-state index in [1.807, 2.05) is 37.3 Å². The number of benzene rings is 1. The van der Waals surface area contributed by atoms with Crippen LogP contribution in [0.25, 0.3) is 0 Å². The molecule has 38 heavy (non-hydrogen) atoms. The van der Waals surface area contributed by atoms with Crippen LogP contribution in [-0.2, 0) is 25.6 Å². The van der Waals surface area contributed by atoms with Crippen LogP contribution >= 0.6 is 0 Å². The van der Waals surface area contributed by atoms with Crippen LogP contribution < -0.4 is 16.0 Å². The second-order valence-electron chi connectivity index (χ2n) is 10.9. The number of aldehydes is 1. The number of likely N-dealkylation sites (tertiary alicyclic amines) is 1. The molecule has 210 valence electrons. The van der Waals surface area contributed by atoms with Crippen molar-refractivity contribution in [2.45, 2.75) is 108 Å². The molecule has 2 aliphatic rings. The van der Waals surface area contributed by atoms with Gasteiger partial charge in [-0.25, -0.2) is 0 Å². The Bertz CT molecular complexity index is 903. The Labute approximate surface area is 227 Å². The topological polar surface area (TPSA) is 108 Å². The molecular formula is C30H46N4O4. The number of hydrogen-bond acceptors (Lipinski definition) is 5. The maximum atomic E-state index is 13.7. The minimum absolute atomic E-state index is 0.214. The van der Waals surface area contributed by atoms with Gasteiger partial charge in [0.25, 0.3) is 0 Å². The van der Waals surface area contributed by atoms with E-state index in [4.69, 9.17) is 0 Å². The van der Waals surface area contributed by atoms with E-state index >= 15 is 0 Å². The zero-order chi connectivity index (χ0) is 27.3. The number of rotatable bonds is 14. The Morgan fingerprint density at radius 3 is 2.39 bits per heavy atom. The third-order valence-corrected chi connectivity index (χ3v) is 8.05. The summed E-state index contributed by atoms with van der Waals surface area (Å²) in [5, 5.41) is 8.98. The Balaban J connectivity index is 1.63. The summed E-state index contributed by atoms with van der Waals surface area (Å²) in [5.41, 5.74) is 1.03. The van der Waals surface area contributed by atoms with Crippen molar-refractivity contribution in [3.8, 4) is 0 Å². The van der Waals surface area contributed by atoms with Gasteiger partial charge in [-0.3, -0.25) is 14.4 Å². The summed E-state index contributed by atoms with van der Waals surface area (Å²) < 4.78 is 0. The van der Waals surface area contributed by atoms with Crippen LogP contribution in [0, 0.1) is 5.92 Å². The fourth-order valence-electron chi connectivity index (χ4n) is 5.83. The van der Waals surface area contributed by atoms with Gasteiger partial charge in [0.05, 0.1) is 12.1 Å². The van der Waals surface area contributed by atoms with Crippen molar-refractivity contribution >= 4 is 24.0 Å². The van der Waals surface area contributed by atoms with E-state index in [0.29, 0.717) is 38.1 Å². The number of nitrogens with zero attached hydrogens (tertiary/aromatic N) is 1. The van der Waals surface area contributed by atoms with E-state index < -0.39 is 24.2 Å². The van der Waals surface area contributed by atoms with Crippen LogP contribution in [-0.4, -0.2) is 66.7 Å². The van der Waals surface area contributed by atoms with Gasteiger partial charge in [-0.1, -0.05) is 82.2 Å². The van der Waals surface area contributed by atoms with Gasteiger partial charge in [0.15, 0.2) is 0 Å². The molecule has 0 bridgehead atoms. The molecule has 1 aliphatic carbocycles. The Kier molecular flexibility index (Phi) is 12.3. The first kappa shape index (κ1) is 29.8. The average molecular weight is 527 g/mol. The van der Waals surface area contributed by atoms with Crippen molar-refractivity contribution in [3.05, 3.63) is 35.9 Å². The normalized spacial score (nSPS) is 20.4. The maximum absolute atomic E-state index is 13.7. The highest BCUT2D eigenvalue weighted by Crippen LogP contribution is 2.27. The highest BCUT2D eigenvalue weighted by Gasteiger charge is 2.38. The van der Waals surface area contributed by atoms with Gasteiger partial charge in [-0.15, -0.1) is 0 Å². The fourth-order valence-corrected chi connectivity index (χ4v) is 5.83. The number of nitrogens with one attached hydrogen (secondary N) is 3. The molecule has 8 heteroatoms. The quantitative estimate of drug-likeness (QED) is 0.323. The minimum Gasteiger partial charge on any atom is -0.345 e. The number of carbonyl (C=O) groups is 4. The molecular weight excluding hydrogens is 480 g/mol. The predicted octanol–water partition coefficient (Wildman–Crippen LogP) is 3.14. The number of hydrogen-bond donors (Lipinski definition) is 3. The average Bonchev–Trinajstić information content (AvgIpc) is 3.44. The molecule has 0 unspecified atom stereocenters. The minimum atomic E-state index is -0.688. The van der Waals surface area contributed by atoms with Gasteiger partial charge in [0, 0.05) is 6.54 Å². The molecule has 1 saturated carbocycles. The van der Waals surface area contributed by atoms with E-state index in [2.05, 4.69) is 16.0 Å².